The van der Waals surface area contributed by atoms with Crippen LogP contribution in [0.15, 0.2) is 24.8 Å². The lowest BCUT2D eigenvalue weighted by Crippen LogP contribution is -2.00. The number of ether oxygens (including phenoxy) is 2. The van der Waals surface area contributed by atoms with Crippen molar-refractivity contribution in [2.24, 2.45) is 0 Å². The van der Waals surface area contributed by atoms with Crippen molar-refractivity contribution >= 4 is 12.4 Å². The van der Waals surface area contributed by atoms with Crippen molar-refractivity contribution in [3.63, 3.8) is 0 Å². The third-order valence-corrected chi connectivity index (χ3v) is 1.72. The number of carbonyl (C=O) groups is 1. The maximum atomic E-state index is 10.5. The summed E-state index contributed by atoms with van der Waals surface area (Å²) in [4.78, 5) is 10.5. The molecule has 0 spiro atoms. The maximum absolute atomic E-state index is 10.5. The largest absolute Gasteiger partial charge is 0.467 e. The summed E-state index contributed by atoms with van der Waals surface area (Å²) in [5.41, 5.74) is 1.39. The molecule has 0 saturated heterocycles. The molecule has 0 aromatic heterocycles. The summed E-state index contributed by atoms with van der Waals surface area (Å²) in [5.74, 6) is 0.660. The molecule has 0 aliphatic heterocycles. The maximum Gasteiger partial charge on any atom is 0.188 e. The van der Waals surface area contributed by atoms with Crippen LogP contribution in [0.5, 0.6) is 5.75 Å². The smallest absolute Gasteiger partial charge is 0.188 e. The van der Waals surface area contributed by atoms with E-state index < -0.39 is 0 Å². The Kier molecular flexibility index (Phi) is 3.88. The molecule has 1 rings (SSSR count). The molecule has 0 radical (unpaired) electrons. The molecule has 3 nitrogen and oxygen atoms in total. The van der Waals surface area contributed by atoms with Crippen LogP contribution in [-0.4, -0.2) is 20.2 Å². The fourth-order valence-corrected chi connectivity index (χ4v) is 1.05. The van der Waals surface area contributed by atoms with Gasteiger partial charge >= 0.3 is 0 Å². The van der Waals surface area contributed by atoms with Gasteiger partial charge in [-0.25, -0.2) is 0 Å². The van der Waals surface area contributed by atoms with Crippen LogP contribution in [0.4, 0.5) is 0 Å². The first-order chi connectivity index (χ1) is 6.81. The van der Waals surface area contributed by atoms with Crippen molar-refractivity contribution in [1.82, 2.24) is 0 Å². The van der Waals surface area contributed by atoms with E-state index in [1.54, 1.807) is 31.4 Å². The summed E-state index contributed by atoms with van der Waals surface area (Å²) < 4.78 is 10.0. The highest BCUT2D eigenvalue weighted by atomic mass is 16.7. The summed E-state index contributed by atoms with van der Waals surface area (Å²) in [6, 6.07) is 5.12. The average molecular weight is 192 g/mol. The van der Waals surface area contributed by atoms with E-state index in [2.05, 4.69) is 6.58 Å². The van der Waals surface area contributed by atoms with E-state index in [9.17, 15) is 4.79 Å². The first kappa shape index (κ1) is 10.5. The van der Waals surface area contributed by atoms with Crippen LogP contribution in [0.2, 0.25) is 0 Å². The molecule has 0 bridgehead atoms. The number of methoxy groups -OCH3 is 1. The Bertz CT molecular complexity index is 331. The molecule has 0 aliphatic rings. The van der Waals surface area contributed by atoms with Crippen LogP contribution in [0.1, 0.15) is 15.9 Å². The topological polar surface area (TPSA) is 35.5 Å². The van der Waals surface area contributed by atoms with E-state index in [4.69, 9.17) is 9.47 Å². The van der Waals surface area contributed by atoms with E-state index in [-0.39, 0.29) is 6.79 Å². The van der Waals surface area contributed by atoms with Gasteiger partial charge in [0.05, 0.1) is 0 Å². The van der Waals surface area contributed by atoms with Crippen LogP contribution in [0.25, 0.3) is 6.08 Å². The summed E-state index contributed by atoms with van der Waals surface area (Å²) >= 11 is 0. The number of hydrogen-bond donors (Lipinski definition) is 0. The molecule has 1 aromatic carbocycles. The zero-order valence-electron chi connectivity index (χ0n) is 8.03. The summed E-state index contributed by atoms with van der Waals surface area (Å²) in [7, 11) is 1.55. The minimum absolute atomic E-state index is 0.182. The summed E-state index contributed by atoms with van der Waals surface area (Å²) in [6.45, 7) is 3.82. The van der Waals surface area contributed by atoms with Crippen LogP contribution in [0, 0.1) is 0 Å². The van der Waals surface area contributed by atoms with Gasteiger partial charge in [0, 0.05) is 18.2 Å². The SMILES string of the molecule is C=Cc1cc(C=O)ccc1OCOC. The van der Waals surface area contributed by atoms with Gasteiger partial charge in [0.1, 0.15) is 12.0 Å². The van der Waals surface area contributed by atoms with E-state index >= 15 is 0 Å². The van der Waals surface area contributed by atoms with Gasteiger partial charge in [-0.2, -0.15) is 0 Å². The number of carbonyl (C=O) groups excluding carboxylic acids is 1. The molecule has 14 heavy (non-hydrogen) atoms. The number of benzene rings is 1. The van der Waals surface area contributed by atoms with E-state index in [0.717, 1.165) is 11.8 Å². The molecule has 0 atom stereocenters. The van der Waals surface area contributed by atoms with Gasteiger partial charge in [0.15, 0.2) is 6.79 Å². The zero-order chi connectivity index (χ0) is 10.4. The van der Waals surface area contributed by atoms with E-state index in [0.29, 0.717) is 11.3 Å². The molecule has 1 aromatic rings. The molecule has 0 aliphatic carbocycles. The Morgan fingerprint density at radius 1 is 1.50 bits per heavy atom. The Morgan fingerprint density at radius 3 is 2.86 bits per heavy atom. The van der Waals surface area contributed by atoms with Gasteiger partial charge in [-0.15, -0.1) is 0 Å². The molecule has 3 heteroatoms. The molecule has 0 fully saturated rings. The van der Waals surface area contributed by atoms with Gasteiger partial charge in [-0.3, -0.25) is 4.79 Å². The van der Waals surface area contributed by atoms with Gasteiger partial charge in [0.25, 0.3) is 0 Å². The van der Waals surface area contributed by atoms with Crippen molar-refractivity contribution in [3.8, 4) is 5.75 Å². The fraction of sp³-hybridized carbons (Fsp3) is 0.182. The summed E-state index contributed by atoms with van der Waals surface area (Å²) in [5, 5.41) is 0. The van der Waals surface area contributed by atoms with E-state index in [1.165, 1.54) is 0 Å². The average Bonchev–Trinajstić information content (AvgIpc) is 2.26. The minimum Gasteiger partial charge on any atom is -0.467 e. The quantitative estimate of drug-likeness (QED) is 0.529. The highest BCUT2D eigenvalue weighted by molar-refractivity contribution is 5.77. The highest BCUT2D eigenvalue weighted by Gasteiger charge is 2.01. The highest BCUT2D eigenvalue weighted by Crippen LogP contribution is 2.20. The van der Waals surface area contributed by atoms with Crippen molar-refractivity contribution in [3.05, 3.63) is 35.9 Å². The molecule has 0 unspecified atom stereocenters. The third kappa shape index (κ3) is 2.44. The van der Waals surface area contributed by atoms with Gasteiger partial charge in [0.2, 0.25) is 0 Å². The molecular weight excluding hydrogens is 180 g/mol. The number of rotatable bonds is 5. The molecular formula is C11H12O3. The molecule has 0 N–H and O–H groups in total. The second kappa shape index (κ2) is 5.19. The van der Waals surface area contributed by atoms with Crippen LogP contribution in [0.3, 0.4) is 0 Å². The fourth-order valence-electron chi connectivity index (χ4n) is 1.05. The van der Waals surface area contributed by atoms with Crippen LogP contribution in [-0.2, 0) is 4.74 Å². The first-order valence-corrected chi connectivity index (χ1v) is 4.15. The Balaban J connectivity index is 2.92. The van der Waals surface area contributed by atoms with E-state index in [1.807, 2.05) is 0 Å². The van der Waals surface area contributed by atoms with Crippen LogP contribution < -0.4 is 4.74 Å². The van der Waals surface area contributed by atoms with Gasteiger partial charge < -0.3 is 9.47 Å². The standard InChI is InChI=1S/C11H12O3/c1-3-10-6-9(7-12)4-5-11(10)14-8-13-2/h3-7H,1,8H2,2H3. The Hall–Kier alpha value is -1.61. The molecule has 74 valence electrons. The third-order valence-electron chi connectivity index (χ3n) is 1.72. The Morgan fingerprint density at radius 2 is 2.29 bits per heavy atom. The Labute approximate surface area is 83.0 Å². The zero-order valence-corrected chi connectivity index (χ0v) is 8.03. The predicted octanol–water partition coefficient (Wildman–Crippen LogP) is 2.12. The van der Waals surface area contributed by atoms with Crippen LogP contribution >= 0.6 is 0 Å². The first-order valence-electron chi connectivity index (χ1n) is 4.15. The summed E-state index contributed by atoms with van der Waals surface area (Å²) in [6.07, 6.45) is 2.42. The molecule has 0 saturated carbocycles. The normalized spacial score (nSPS) is 9.50. The van der Waals surface area contributed by atoms with Crippen molar-refractivity contribution in [2.45, 2.75) is 0 Å². The van der Waals surface area contributed by atoms with Crippen molar-refractivity contribution in [2.75, 3.05) is 13.9 Å². The minimum atomic E-state index is 0.182. The lowest BCUT2D eigenvalue weighted by atomic mass is 10.1. The second-order valence-electron chi connectivity index (χ2n) is 2.67. The lowest BCUT2D eigenvalue weighted by Gasteiger charge is -2.08. The van der Waals surface area contributed by atoms with Crippen molar-refractivity contribution in [1.29, 1.82) is 0 Å². The monoisotopic (exact) mass is 192 g/mol. The number of hydrogen-bond acceptors (Lipinski definition) is 3. The van der Waals surface area contributed by atoms with Gasteiger partial charge in [-0.05, 0) is 18.2 Å². The second-order valence-corrected chi connectivity index (χ2v) is 2.67. The lowest BCUT2D eigenvalue weighted by molar-refractivity contribution is 0.0510. The number of aldehydes is 1. The van der Waals surface area contributed by atoms with Crippen molar-refractivity contribution < 1.29 is 14.3 Å². The molecule has 0 amide bonds. The predicted molar refractivity (Wildman–Crippen MR) is 54.4 cm³/mol. The van der Waals surface area contributed by atoms with Gasteiger partial charge in [-0.1, -0.05) is 12.7 Å². The molecule has 0 heterocycles.